The molecule has 20 heavy (non-hydrogen) atoms. The molecule has 0 radical (unpaired) electrons. The first kappa shape index (κ1) is 15.7. The minimum Gasteiger partial charge on any atom is -0.366 e. The van der Waals surface area contributed by atoms with Gasteiger partial charge in [-0.05, 0) is 36.5 Å². The summed E-state index contributed by atoms with van der Waals surface area (Å²) >= 11 is 4.89. The van der Waals surface area contributed by atoms with Crippen LogP contribution in [0.25, 0.3) is 0 Å². The van der Waals surface area contributed by atoms with Crippen molar-refractivity contribution in [3.63, 3.8) is 0 Å². The van der Waals surface area contributed by atoms with E-state index in [1.165, 1.54) is 0 Å². The summed E-state index contributed by atoms with van der Waals surface area (Å²) in [5, 5.41) is 8.92. The van der Waals surface area contributed by atoms with Crippen LogP contribution in [0.15, 0.2) is 24.3 Å². The minimum atomic E-state index is -0.108. The average molecular weight is 295 g/mol. The number of anilines is 2. The lowest BCUT2D eigenvalue weighted by Crippen LogP contribution is -2.34. The number of hydrazine groups is 1. The van der Waals surface area contributed by atoms with E-state index in [4.69, 9.17) is 12.2 Å². The van der Waals surface area contributed by atoms with Crippen LogP contribution in [0.1, 0.15) is 6.42 Å². The van der Waals surface area contributed by atoms with E-state index in [2.05, 4.69) is 26.8 Å². The molecule has 1 aromatic carbocycles. The summed E-state index contributed by atoms with van der Waals surface area (Å²) in [6, 6.07) is 6.94. The van der Waals surface area contributed by atoms with Crippen LogP contribution in [0.5, 0.6) is 0 Å². The van der Waals surface area contributed by atoms with Crippen molar-refractivity contribution >= 4 is 41.0 Å². The number of benzene rings is 1. The Labute approximate surface area is 122 Å². The van der Waals surface area contributed by atoms with Gasteiger partial charge in [0.2, 0.25) is 12.3 Å². The highest BCUT2D eigenvalue weighted by atomic mass is 32.1. The largest absolute Gasteiger partial charge is 0.366 e. The predicted molar refractivity (Wildman–Crippen MR) is 82.2 cm³/mol. The Kier molecular flexibility index (Phi) is 6.83. The first-order valence-electron chi connectivity index (χ1n) is 5.96. The molecule has 0 saturated heterocycles. The minimum absolute atomic E-state index is 0.108. The van der Waals surface area contributed by atoms with E-state index in [9.17, 15) is 9.59 Å². The Hall–Kier alpha value is -2.35. The van der Waals surface area contributed by atoms with Crippen molar-refractivity contribution in [1.29, 1.82) is 0 Å². The van der Waals surface area contributed by atoms with E-state index >= 15 is 0 Å². The summed E-state index contributed by atoms with van der Waals surface area (Å²) in [4.78, 5) is 21.8. The summed E-state index contributed by atoms with van der Waals surface area (Å²) in [6.07, 6.45) is 0.854. The van der Waals surface area contributed by atoms with E-state index in [0.717, 1.165) is 5.69 Å². The first-order valence-corrected chi connectivity index (χ1v) is 6.37. The molecule has 0 spiro atoms. The standard InChI is InChI=1S/C12H17N5O2S/c1-13-12(20)14-7-6-11(19)16-9-2-4-10(5-3-9)17-15-8-18/h2-5,8,17H,6-7H2,1H3,(H,15,18)(H,16,19)(H2,13,14,20). The second-order valence-electron chi connectivity index (χ2n) is 3.77. The van der Waals surface area contributed by atoms with Gasteiger partial charge < -0.3 is 16.0 Å². The molecule has 0 unspecified atom stereocenters. The zero-order valence-corrected chi connectivity index (χ0v) is 11.8. The topological polar surface area (TPSA) is 94.3 Å². The van der Waals surface area contributed by atoms with Gasteiger partial charge in [-0.3, -0.25) is 20.4 Å². The molecule has 0 aromatic heterocycles. The molecule has 0 atom stereocenters. The third kappa shape index (κ3) is 6.01. The molecular formula is C12H17N5O2S. The van der Waals surface area contributed by atoms with Gasteiger partial charge in [0.25, 0.3) is 0 Å². The molecule has 0 bridgehead atoms. The molecule has 0 aliphatic heterocycles. The summed E-state index contributed by atoms with van der Waals surface area (Å²) in [6.45, 7) is 0.467. The van der Waals surface area contributed by atoms with Gasteiger partial charge in [0.1, 0.15) is 0 Å². The quantitative estimate of drug-likeness (QED) is 0.280. The van der Waals surface area contributed by atoms with Gasteiger partial charge in [0.15, 0.2) is 5.11 Å². The van der Waals surface area contributed by atoms with Gasteiger partial charge in [0, 0.05) is 25.7 Å². The van der Waals surface area contributed by atoms with Crippen LogP contribution >= 0.6 is 12.2 Å². The number of amides is 2. The van der Waals surface area contributed by atoms with Gasteiger partial charge in [0.05, 0.1) is 5.69 Å². The summed E-state index contributed by atoms with van der Waals surface area (Å²) < 4.78 is 0. The Morgan fingerprint density at radius 3 is 2.50 bits per heavy atom. The molecule has 5 N–H and O–H groups in total. The molecular weight excluding hydrogens is 278 g/mol. The third-order valence-electron chi connectivity index (χ3n) is 2.31. The molecule has 0 heterocycles. The normalized spacial score (nSPS) is 9.25. The van der Waals surface area contributed by atoms with Crippen molar-refractivity contribution in [2.75, 3.05) is 24.3 Å². The van der Waals surface area contributed by atoms with Crippen molar-refractivity contribution in [3.8, 4) is 0 Å². The Morgan fingerprint density at radius 2 is 1.90 bits per heavy atom. The third-order valence-corrected chi connectivity index (χ3v) is 2.66. The van der Waals surface area contributed by atoms with E-state index in [1.54, 1.807) is 31.3 Å². The molecule has 2 amide bonds. The van der Waals surface area contributed by atoms with Gasteiger partial charge in [-0.25, -0.2) is 0 Å². The second kappa shape index (κ2) is 8.70. The van der Waals surface area contributed by atoms with Crippen molar-refractivity contribution in [1.82, 2.24) is 16.1 Å². The van der Waals surface area contributed by atoms with Crippen LogP contribution in [0.3, 0.4) is 0 Å². The Balaban J connectivity index is 2.34. The van der Waals surface area contributed by atoms with E-state index < -0.39 is 0 Å². The van der Waals surface area contributed by atoms with Gasteiger partial charge >= 0.3 is 0 Å². The molecule has 0 fully saturated rings. The Morgan fingerprint density at radius 1 is 1.25 bits per heavy atom. The van der Waals surface area contributed by atoms with Crippen LogP contribution in [-0.4, -0.2) is 31.0 Å². The fourth-order valence-corrected chi connectivity index (χ4v) is 1.45. The summed E-state index contributed by atoms with van der Waals surface area (Å²) in [5.41, 5.74) is 6.39. The van der Waals surface area contributed by atoms with Gasteiger partial charge in [-0.1, -0.05) is 0 Å². The fourth-order valence-electron chi connectivity index (χ4n) is 1.35. The number of hydrogen-bond donors (Lipinski definition) is 5. The smallest absolute Gasteiger partial charge is 0.226 e. The molecule has 1 aromatic rings. The van der Waals surface area contributed by atoms with Crippen LogP contribution in [0.4, 0.5) is 11.4 Å². The summed E-state index contributed by atoms with van der Waals surface area (Å²) in [5.74, 6) is -0.108. The average Bonchev–Trinajstić information content (AvgIpc) is 2.46. The van der Waals surface area contributed by atoms with E-state index in [-0.39, 0.29) is 5.91 Å². The number of carbonyl (C=O) groups excluding carboxylic acids is 2. The van der Waals surface area contributed by atoms with Gasteiger partial charge in [-0.2, -0.15) is 0 Å². The lowest BCUT2D eigenvalue weighted by molar-refractivity contribution is -0.116. The monoisotopic (exact) mass is 295 g/mol. The second-order valence-corrected chi connectivity index (χ2v) is 4.18. The number of nitrogens with one attached hydrogen (secondary N) is 5. The van der Waals surface area contributed by atoms with Crippen molar-refractivity contribution in [2.24, 2.45) is 0 Å². The Bertz CT molecular complexity index is 463. The molecule has 0 aliphatic carbocycles. The van der Waals surface area contributed by atoms with Crippen LogP contribution < -0.4 is 26.8 Å². The summed E-state index contributed by atoms with van der Waals surface area (Å²) in [7, 11) is 1.71. The van der Waals surface area contributed by atoms with E-state index in [1.807, 2.05) is 0 Å². The number of rotatable bonds is 7. The molecule has 108 valence electrons. The SMILES string of the molecule is CNC(=S)NCCC(=O)Nc1ccc(NNC=O)cc1. The zero-order valence-electron chi connectivity index (χ0n) is 11.0. The van der Waals surface area contributed by atoms with Crippen molar-refractivity contribution in [3.05, 3.63) is 24.3 Å². The maximum Gasteiger partial charge on any atom is 0.226 e. The van der Waals surface area contributed by atoms with E-state index in [0.29, 0.717) is 30.2 Å². The maximum atomic E-state index is 11.7. The van der Waals surface area contributed by atoms with Gasteiger partial charge in [-0.15, -0.1) is 0 Å². The molecule has 0 saturated carbocycles. The fraction of sp³-hybridized carbons (Fsp3) is 0.250. The van der Waals surface area contributed by atoms with Crippen LogP contribution in [-0.2, 0) is 9.59 Å². The number of hydrogen-bond acceptors (Lipinski definition) is 4. The highest BCUT2D eigenvalue weighted by Crippen LogP contribution is 2.12. The molecule has 7 nitrogen and oxygen atoms in total. The first-order chi connectivity index (χ1) is 9.65. The highest BCUT2D eigenvalue weighted by Gasteiger charge is 2.02. The lowest BCUT2D eigenvalue weighted by Gasteiger charge is -2.09. The van der Waals surface area contributed by atoms with Crippen molar-refractivity contribution < 1.29 is 9.59 Å². The number of thiocarbonyl (C=S) groups is 1. The van der Waals surface area contributed by atoms with Crippen LogP contribution in [0.2, 0.25) is 0 Å². The highest BCUT2D eigenvalue weighted by molar-refractivity contribution is 7.80. The maximum absolute atomic E-state index is 11.7. The zero-order chi connectivity index (χ0) is 14.8. The molecule has 8 heteroatoms. The predicted octanol–water partition coefficient (Wildman–Crippen LogP) is 0.182. The van der Waals surface area contributed by atoms with Crippen LogP contribution in [0, 0.1) is 0 Å². The van der Waals surface area contributed by atoms with Crippen molar-refractivity contribution in [2.45, 2.75) is 6.42 Å². The molecule has 1 rings (SSSR count). The number of carbonyl (C=O) groups is 2. The lowest BCUT2D eigenvalue weighted by atomic mass is 10.2. The molecule has 0 aliphatic rings.